The first-order valence-corrected chi connectivity index (χ1v) is 8.13. The molecule has 1 saturated heterocycles. The standard InChI is InChI=1S/C17H26N2O3.ClH/c1-3-21-14-5-6-16(22-4-2)15(12-14)19-17(20)11-13-7-9-18-10-8-13;/h5-6,12-13,18H,3-4,7-11H2,1-2H3,(H,19,20);1H. The first-order chi connectivity index (χ1) is 10.7. The highest BCUT2D eigenvalue weighted by Gasteiger charge is 2.18. The van der Waals surface area contributed by atoms with E-state index in [1.807, 2.05) is 32.0 Å². The smallest absolute Gasteiger partial charge is 0.224 e. The SMILES string of the molecule is CCOc1ccc(OCC)c(NC(=O)CC2CCNCC2)c1.Cl. The van der Waals surface area contributed by atoms with Gasteiger partial charge in [0, 0.05) is 12.5 Å². The highest BCUT2D eigenvalue weighted by atomic mass is 35.5. The molecule has 1 aliphatic heterocycles. The molecule has 5 nitrogen and oxygen atoms in total. The van der Waals surface area contributed by atoms with Crippen molar-refractivity contribution in [2.45, 2.75) is 33.1 Å². The second-order valence-corrected chi connectivity index (χ2v) is 5.47. The van der Waals surface area contributed by atoms with Crippen molar-refractivity contribution >= 4 is 24.0 Å². The van der Waals surface area contributed by atoms with Crippen molar-refractivity contribution in [3.8, 4) is 11.5 Å². The van der Waals surface area contributed by atoms with E-state index in [1.54, 1.807) is 0 Å². The molecule has 0 saturated carbocycles. The Kier molecular flexibility index (Phi) is 8.81. The van der Waals surface area contributed by atoms with E-state index in [9.17, 15) is 4.79 Å². The Labute approximate surface area is 144 Å². The molecule has 0 radical (unpaired) electrons. The molecule has 0 aromatic heterocycles. The molecule has 6 heteroatoms. The minimum atomic E-state index is 0. The van der Waals surface area contributed by atoms with Crippen molar-refractivity contribution in [2.24, 2.45) is 5.92 Å². The molecule has 1 aliphatic rings. The van der Waals surface area contributed by atoms with Crippen molar-refractivity contribution < 1.29 is 14.3 Å². The fraction of sp³-hybridized carbons (Fsp3) is 0.588. The third-order valence-corrected chi connectivity index (χ3v) is 3.77. The molecule has 0 atom stereocenters. The Hall–Kier alpha value is -1.46. The zero-order chi connectivity index (χ0) is 15.8. The van der Waals surface area contributed by atoms with Crippen LogP contribution in [0.4, 0.5) is 5.69 Å². The molecule has 2 rings (SSSR count). The average Bonchev–Trinajstić information content (AvgIpc) is 2.51. The van der Waals surface area contributed by atoms with Crippen LogP contribution in [0.3, 0.4) is 0 Å². The van der Waals surface area contributed by atoms with E-state index in [0.29, 0.717) is 37.0 Å². The fourth-order valence-electron chi connectivity index (χ4n) is 2.69. The summed E-state index contributed by atoms with van der Waals surface area (Å²) in [6, 6.07) is 5.53. The van der Waals surface area contributed by atoms with Gasteiger partial charge in [-0.2, -0.15) is 0 Å². The molecule has 23 heavy (non-hydrogen) atoms. The number of carbonyl (C=O) groups is 1. The summed E-state index contributed by atoms with van der Waals surface area (Å²) in [6.07, 6.45) is 2.68. The third-order valence-electron chi connectivity index (χ3n) is 3.77. The van der Waals surface area contributed by atoms with E-state index in [4.69, 9.17) is 9.47 Å². The zero-order valence-corrected chi connectivity index (χ0v) is 14.7. The molecule has 1 aromatic carbocycles. The topological polar surface area (TPSA) is 59.6 Å². The van der Waals surface area contributed by atoms with Gasteiger partial charge in [0.1, 0.15) is 11.5 Å². The Morgan fingerprint density at radius 2 is 1.91 bits per heavy atom. The number of hydrogen-bond acceptors (Lipinski definition) is 4. The number of benzene rings is 1. The van der Waals surface area contributed by atoms with Crippen LogP contribution in [-0.2, 0) is 4.79 Å². The fourth-order valence-corrected chi connectivity index (χ4v) is 2.69. The molecular weight excluding hydrogens is 316 g/mol. The van der Waals surface area contributed by atoms with Gasteiger partial charge in [-0.1, -0.05) is 0 Å². The summed E-state index contributed by atoms with van der Waals surface area (Å²) in [7, 11) is 0. The van der Waals surface area contributed by atoms with Crippen molar-refractivity contribution in [1.82, 2.24) is 5.32 Å². The molecule has 0 spiro atoms. The van der Waals surface area contributed by atoms with Crippen molar-refractivity contribution in [1.29, 1.82) is 0 Å². The molecule has 1 aromatic rings. The predicted octanol–water partition coefficient (Wildman–Crippen LogP) is 3.23. The zero-order valence-electron chi connectivity index (χ0n) is 13.9. The molecule has 0 aliphatic carbocycles. The molecule has 2 N–H and O–H groups in total. The monoisotopic (exact) mass is 342 g/mol. The Morgan fingerprint density at radius 3 is 2.57 bits per heavy atom. The lowest BCUT2D eigenvalue weighted by Gasteiger charge is -2.22. The summed E-state index contributed by atoms with van der Waals surface area (Å²) >= 11 is 0. The van der Waals surface area contributed by atoms with Gasteiger partial charge >= 0.3 is 0 Å². The van der Waals surface area contributed by atoms with E-state index in [0.717, 1.165) is 31.7 Å². The molecule has 0 unspecified atom stereocenters. The van der Waals surface area contributed by atoms with Gasteiger partial charge in [0.25, 0.3) is 0 Å². The maximum Gasteiger partial charge on any atom is 0.224 e. The molecule has 130 valence electrons. The minimum absolute atomic E-state index is 0. The van der Waals surface area contributed by atoms with E-state index in [-0.39, 0.29) is 18.3 Å². The van der Waals surface area contributed by atoms with Crippen LogP contribution >= 0.6 is 12.4 Å². The Balaban J connectivity index is 0.00000264. The second kappa shape index (κ2) is 10.3. The van der Waals surface area contributed by atoms with Crippen molar-refractivity contribution in [3.05, 3.63) is 18.2 Å². The predicted molar refractivity (Wildman–Crippen MR) is 94.9 cm³/mol. The number of rotatable bonds is 7. The molecule has 1 amide bonds. The largest absolute Gasteiger partial charge is 0.494 e. The summed E-state index contributed by atoms with van der Waals surface area (Å²) in [5.74, 6) is 1.93. The minimum Gasteiger partial charge on any atom is -0.494 e. The van der Waals surface area contributed by atoms with Crippen LogP contribution in [0.1, 0.15) is 33.1 Å². The van der Waals surface area contributed by atoms with Gasteiger partial charge in [-0.25, -0.2) is 0 Å². The van der Waals surface area contributed by atoms with Gasteiger partial charge in [0.05, 0.1) is 18.9 Å². The van der Waals surface area contributed by atoms with Gasteiger partial charge < -0.3 is 20.1 Å². The van der Waals surface area contributed by atoms with Crippen LogP contribution in [0.2, 0.25) is 0 Å². The molecule has 1 fully saturated rings. The molecular formula is C17H27ClN2O3. The maximum atomic E-state index is 12.3. The normalized spacial score (nSPS) is 14.7. The highest BCUT2D eigenvalue weighted by Crippen LogP contribution is 2.30. The summed E-state index contributed by atoms with van der Waals surface area (Å²) in [6.45, 7) is 7.02. The lowest BCUT2D eigenvalue weighted by molar-refractivity contribution is -0.117. The maximum absolute atomic E-state index is 12.3. The number of nitrogens with one attached hydrogen (secondary N) is 2. The van der Waals surface area contributed by atoms with Crippen LogP contribution in [0.15, 0.2) is 18.2 Å². The van der Waals surface area contributed by atoms with Gasteiger partial charge in [-0.05, 0) is 57.8 Å². The first kappa shape index (κ1) is 19.6. The Morgan fingerprint density at radius 1 is 1.22 bits per heavy atom. The number of amides is 1. The lowest BCUT2D eigenvalue weighted by atomic mass is 9.94. The summed E-state index contributed by atoms with van der Waals surface area (Å²) in [5, 5.41) is 6.29. The second-order valence-electron chi connectivity index (χ2n) is 5.47. The Bertz CT molecular complexity index is 491. The van der Waals surface area contributed by atoms with Crippen LogP contribution in [0.25, 0.3) is 0 Å². The highest BCUT2D eigenvalue weighted by molar-refractivity contribution is 5.92. The third kappa shape index (κ3) is 6.28. The van der Waals surface area contributed by atoms with Crippen LogP contribution in [0, 0.1) is 5.92 Å². The van der Waals surface area contributed by atoms with Gasteiger partial charge in [-0.15, -0.1) is 12.4 Å². The van der Waals surface area contributed by atoms with Gasteiger partial charge in [0.2, 0.25) is 5.91 Å². The molecule has 0 bridgehead atoms. The van der Waals surface area contributed by atoms with Gasteiger partial charge in [-0.3, -0.25) is 4.79 Å². The number of hydrogen-bond donors (Lipinski definition) is 2. The number of anilines is 1. The summed E-state index contributed by atoms with van der Waals surface area (Å²) in [4.78, 5) is 12.3. The van der Waals surface area contributed by atoms with E-state index >= 15 is 0 Å². The van der Waals surface area contributed by atoms with E-state index in [2.05, 4.69) is 10.6 Å². The number of ether oxygens (including phenoxy) is 2. The van der Waals surface area contributed by atoms with Crippen LogP contribution < -0.4 is 20.1 Å². The number of halogens is 1. The first-order valence-electron chi connectivity index (χ1n) is 8.13. The van der Waals surface area contributed by atoms with E-state index in [1.165, 1.54) is 0 Å². The van der Waals surface area contributed by atoms with Crippen LogP contribution in [0.5, 0.6) is 11.5 Å². The quantitative estimate of drug-likeness (QED) is 0.798. The average molecular weight is 343 g/mol. The van der Waals surface area contributed by atoms with Crippen molar-refractivity contribution in [3.63, 3.8) is 0 Å². The molecule has 1 heterocycles. The summed E-state index contributed by atoms with van der Waals surface area (Å²) in [5.41, 5.74) is 0.687. The number of piperidine rings is 1. The van der Waals surface area contributed by atoms with Gasteiger partial charge in [0.15, 0.2) is 0 Å². The van der Waals surface area contributed by atoms with E-state index < -0.39 is 0 Å². The van der Waals surface area contributed by atoms with Crippen LogP contribution in [-0.4, -0.2) is 32.2 Å². The summed E-state index contributed by atoms with van der Waals surface area (Å²) < 4.78 is 11.1. The lowest BCUT2D eigenvalue weighted by Crippen LogP contribution is -2.30. The van der Waals surface area contributed by atoms with Crippen molar-refractivity contribution in [2.75, 3.05) is 31.6 Å². The number of carbonyl (C=O) groups excluding carboxylic acids is 1.